The Balaban J connectivity index is 1.85. The summed E-state index contributed by atoms with van der Waals surface area (Å²) in [5.74, 6) is 0.283. The average Bonchev–Trinajstić information content (AvgIpc) is 2.62. The number of nitrogens with one attached hydrogen (secondary N) is 2. The zero-order valence-electron chi connectivity index (χ0n) is 16.4. The number of amides is 1. The van der Waals surface area contributed by atoms with E-state index >= 15 is 0 Å². The molecule has 0 unspecified atom stereocenters. The van der Waals surface area contributed by atoms with Crippen molar-refractivity contribution in [2.45, 2.75) is 18.7 Å². The molecular weight excluding hydrogens is 398 g/mol. The number of nitro benzene ring substituents is 1. The van der Waals surface area contributed by atoms with Gasteiger partial charge < -0.3 is 15.4 Å². The van der Waals surface area contributed by atoms with Gasteiger partial charge in [-0.05, 0) is 49.2 Å². The van der Waals surface area contributed by atoms with E-state index in [9.17, 15) is 23.3 Å². The first kappa shape index (κ1) is 22.2. The predicted octanol–water partition coefficient (Wildman–Crippen LogP) is 2.22. The van der Waals surface area contributed by atoms with Crippen molar-refractivity contribution in [3.63, 3.8) is 0 Å². The van der Waals surface area contributed by atoms with Gasteiger partial charge in [0.25, 0.3) is 11.6 Å². The van der Waals surface area contributed by atoms with Crippen LogP contribution in [0.25, 0.3) is 0 Å². The second-order valence-electron chi connectivity index (χ2n) is 6.60. The van der Waals surface area contributed by atoms with Crippen LogP contribution >= 0.6 is 0 Å². The molecule has 2 rings (SSSR count). The van der Waals surface area contributed by atoms with Crippen LogP contribution < -0.4 is 15.4 Å². The van der Waals surface area contributed by atoms with Crippen molar-refractivity contribution in [2.75, 3.05) is 31.3 Å². The summed E-state index contributed by atoms with van der Waals surface area (Å²) in [5, 5.41) is 16.7. The molecule has 156 valence electrons. The van der Waals surface area contributed by atoms with Gasteiger partial charge in [0.15, 0.2) is 16.4 Å². The summed E-state index contributed by atoms with van der Waals surface area (Å²) in [6, 6.07) is 9.30. The fourth-order valence-corrected chi connectivity index (χ4v) is 3.30. The number of hydrogen-bond acceptors (Lipinski definition) is 7. The number of carbonyl (C=O) groups excluding carboxylic acids is 1. The molecular formula is C19H23N3O6S. The van der Waals surface area contributed by atoms with Crippen molar-refractivity contribution in [3.8, 4) is 5.75 Å². The molecule has 1 amide bonds. The Morgan fingerprint density at radius 2 is 1.76 bits per heavy atom. The van der Waals surface area contributed by atoms with E-state index in [-0.39, 0.29) is 41.9 Å². The number of nitrogens with zero attached hydrogens (tertiary/aromatic N) is 1. The molecule has 0 saturated heterocycles. The van der Waals surface area contributed by atoms with Crippen molar-refractivity contribution < 1.29 is 22.9 Å². The lowest BCUT2D eigenvalue weighted by molar-refractivity contribution is -0.384. The first-order chi connectivity index (χ1) is 13.6. The van der Waals surface area contributed by atoms with E-state index in [2.05, 4.69) is 10.6 Å². The highest BCUT2D eigenvalue weighted by atomic mass is 32.2. The Morgan fingerprint density at radius 1 is 1.10 bits per heavy atom. The van der Waals surface area contributed by atoms with Gasteiger partial charge >= 0.3 is 0 Å². The molecule has 10 heteroatoms. The van der Waals surface area contributed by atoms with E-state index in [1.165, 1.54) is 12.1 Å². The molecule has 0 aliphatic heterocycles. The zero-order chi connectivity index (χ0) is 21.6. The summed E-state index contributed by atoms with van der Waals surface area (Å²) in [4.78, 5) is 22.3. The van der Waals surface area contributed by atoms with Gasteiger partial charge in [-0.3, -0.25) is 14.9 Å². The number of aryl methyl sites for hydroxylation is 2. The molecule has 2 aromatic carbocycles. The maximum Gasteiger partial charge on any atom is 0.293 e. The lowest BCUT2D eigenvalue weighted by Gasteiger charge is -2.11. The first-order valence-corrected chi connectivity index (χ1v) is 10.7. The Hall–Kier alpha value is -3.14. The van der Waals surface area contributed by atoms with Crippen molar-refractivity contribution in [1.82, 2.24) is 5.32 Å². The molecule has 2 N–H and O–H groups in total. The summed E-state index contributed by atoms with van der Waals surface area (Å²) in [5.41, 5.74) is 1.89. The maximum absolute atomic E-state index is 11.9. The third kappa shape index (κ3) is 6.75. The third-order valence-corrected chi connectivity index (χ3v) is 5.03. The fraction of sp³-hybridized carbons (Fsp3) is 0.316. The molecule has 9 nitrogen and oxygen atoms in total. The molecule has 0 heterocycles. The van der Waals surface area contributed by atoms with Crippen LogP contribution in [-0.2, 0) is 14.6 Å². The molecule has 29 heavy (non-hydrogen) atoms. The molecule has 0 bridgehead atoms. The van der Waals surface area contributed by atoms with Crippen LogP contribution in [0.3, 0.4) is 0 Å². The number of sulfone groups is 1. The van der Waals surface area contributed by atoms with E-state index in [0.717, 1.165) is 23.4 Å². The second kappa shape index (κ2) is 9.37. The van der Waals surface area contributed by atoms with Crippen molar-refractivity contribution in [2.24, 2.45) is 0 Å². The summed E-state index contributed by atoms with van der Waals surface area (Å²) in [7, 11) is -3.55. The molecule has 0 saturated carbocycles. The van der Waals surface area contributed by atoms with Crippen LogP contribution in [0.15, 0.2) is 41.3 Å². The second-order valence-corrected chi connectivity index (χ2v) is 8.61. The first-order valence-electron chi connectivity index (χ1n) is 8.76. The van der Waals surface area contributed by atoms with Crippen molar-refractivity contribution >= 4 is 27.1 Å². The standard InChI is InChI=1S/C19H23N3O6S/c1-13-8-14(2)10-15(9-13)28-12-19(23)21-7-6-20-17-5-4-16(29(3,26)27)11-18(17)22(24)25/h4-5,8-11,20H,6-7,12H2,1-3H3,(H,21,23). The SMILES string of the molecule is Cc1cc(C)cc(OCC(=O)NCCNc2ccc(S(C)(=O)=O)cc2[N+](=O)[O-])c1. The Morgan fingerprint density at radius 3 is 2.34 bits per heavy atom. The van der Waals surface area contributed by atoms with E-state index in [1.807, 2.05) is 32.0 Å². The number of anilines is 1. The van der Waals surface area contributed by atoms with Crippen LogP contribution in [0.5, 0.6) is 5.75 Å². The van der Waals surface area contributed by atoms with Gasteiger partial charge in [-0.15, -0.1) is 0 Å². The van der Waals surface area contributed by atoms with Crippen LogP contribution in [0.4, 0.5) is 11.4 Å². The largest absolute Gasteiger partial charge is 0.484 e. The number of hydrogen-bond donors (Lipinski definition) is 2. The molecule has 0 radical (unpaired) electrons. The van der Waals surface area contributed by atoms with Gasteiger partial charge in [-0.1, -0.05) is 6.07 Å². The van der Waals surface area contributed by atoms with E-state index in [1.54, 1.807) is 0 Å². The number of carbonyl (C=O) groups is 1. The molecule has 0 aliphatic carbocycles. The van der Waals surface area contributed by atoms with Gasteiger partial charge in [-0.25, -0.2) is 8.42 Å². The van der Waals surface area contributed by atoms with E-state index in [0.29, 0.717) is 5.75 Å². The quantitative estimate of drug-likeness (QED) is 0.361. The van der Waals surface area contributed by atoms with Crippen LogP contribution in [0.1, 0.15) is 11.1 Å². The fourth-order valence-electron chi connectivity index (χ4n) is 2.66. The summed E-state index contributed by atoms with van der Waals surface area (Å²) in [6.45, 7) is 4.15. The molecule has 0 fully saturated rings. The number of nitro groups is 1. The van der Waals surface area contributed by atoms with Gasteiger partial charge in [0.05, 0.1) is 9.82 Å². The van der Waals surface area contributed by atoms with Gasteiger partial charge in [0.2, 0.25) is 0 Å². The highest BCUT2D eigenvalue weighted by molar-refractivity contribution is 7.90. The van der Waals surface area contributed by atoms with Gasteiger partial charge in [0, 0.05) is 25.4 Å². The average molecular weight is 421 g/mol. The molecule has 0 aliphatic rings. The minimum Gasteiger partial charge on any atom is -0.484 e. The number of ether oxygens (including phenoxy) is 1. The normalized spacial score (nSPS) is 11.0. The number of rotatable bonds is 9. The minimum atomic E-state index is -3.55. The monoisotopic (exact) mass is 421 g/mol. The van der Waals surface area contributed by atoms with Crippen molar-refractivity contribution in [1.29, 1.82) is 0 Å². The molecule has 0 spiro atoms. The summed E-state index contributed by atoms with van der Waals surface area (Å²) in [6.07, 6.45) is 0.981. The van der Waals surface area contributed by atoms with Gasteiger partial charge in [-0.2, -0.15) is 0 Å². The highest BCUT2D eigenvalue weighted by Gasteiger charge is 2.18. The van der Waals surface area contributed by atoms with Crippen LogP contribution in [0, 0.1) is 24.0 Å². The zero-order valence-corrected chi connectivity index (χ0v) is 17.2. The van der Waals surface area contributed by atoms with E-state index in [4.69, 9.17) is 4.74 Å². The van der Waals surface area contributed by atoms with Crippen LogP contribution in [-0.4, -0.2) is 45.2 Å². The minimum absolute atomic E-state index is 0.133. The van der Waals surface area contributed by atoms with Gasteiger partial charge in [0.1, 0.15) is 11.4 Å². The van der Waals surface area contributed by atoms with Crippen molar-refractivity contribution in [3.05, 3.63) is 57.6 Å². The smallest absolute Gasteiger partial charge is 0.293 e. The Kier molecular flexibility index (Phi) is 7.16. The molecule has 0 aromatic heterocycles. The lowest BCUT2D eigenvalue weighted by atomic mass is 10.1. The molecule has 2 aromatic rings. The highest BCUT2D eigenvalue weighted by Crippen LogP contribution is 2.27. The van der Waals surface area contributed by atoms with E-state index < -0.39 is 14.8 Å². The summed E-state index contributed by atoms with van der Waals surface area (Å²) >= 11 is 0. The Labute approximate surface area is 169 Å². The summed E-state index contributed by atoms with van der Waals surface area (Å²) < 4.78 is 28.6. The lowest BCUT2D eigenvalue weighted by Crippen LogP contribution is -2.32. The third-order valence-electron chi connectivity index (χ3n) is 3.92. The molecule has 0 atom stereocenters. The van der Waals surface area contributed by atoms with Crippen LogP contribution in [0.2, 0.25) is 0 Å². The predicted molar refractivity (Wildman–Crippen MR) is 109 cm³/mol. The topological polar surface area (TPSA) is 128 Å². The maximum atomic E-state index is 11.9. The Bertz CT molecular complexity index is 1000. The number of benzene rings is 2.